The third kappa shape index (κ3) is 3.37. The molecule has 1 aliphatic carbocycles. The van der Waals surface area contributed by atoms with E-state index in [1.807, 2.05) is 6.92 Å². The highest BCUT2D eigenvalue weighted by Gasteiger charge is 2.36. The van der Waals surface area contributed by atoms with Gasteiger partial charge in [-0.15, -0.1) is 0 Å². The molecule has 0 radical (unpaired) electrons. The maximum absolute atomic E-state index is 13.4. The first-order valence-corrected chi connectivity index (χ1v) is 7.50. The number of aromatic nitrogens is 2. The molecule has 1 fully saturated rings. The lowest BCUT2D eigenvalue weighted by molar-refractivity contribution is -0.385. The van der Waals surface area contributed by atoms with Gasteiger partial charge in [-0.2, -0.15) is 0 Å². The molecule has 0 bridgehead atoms. The molecule has 1 heterocycles. The van der Waals surface area contributed by atoms with Gasteiger partial charge in [-0.25, -0.2) is 14.4 Å². The number of hydrogen-bond acceptors (Lipinski definition) is 5. The number of aryl methyl sites for hydroxylation is 1. The Balaban J connectivity index is 1.90. The highest BCUT2D eigenvalue weighted by atomic mass is 19.1. The molecule has 0 unspecified atom stereocenters. The van der Waals surface area contributed by atoms with Crippen LogP contribution in [0.1, 0.15) is 40.8 Å². The third-order valence-electron chi connectivity index (χ3n) is 3.87. The molecule has 24 heavy (non-hydrogen) atoms. The maximum Gasteiger partial charge on any atom is 0.282 e. The molecule has 1 saturated carbocycles. The van der Waals surface area contributed by atoms with Crippen LogP contribution < -0.4 is 5.32 Å². The van der Waals surface area contributed by atoms with Gasteiger partial charge >= 0.3 is 0 Å². The van der Waals surface area contributed by atoms with Crippen molar-refractivity contribution in [2.45, 2.75) is 25.8 Å². The minimum absolute atomic E-state index is 0.184. The lowest BCUT2D eigenvalue weighted by atomic mass is 10.1. The minimum Gasteiger partial charge on any atom is -0.342 e. The minimum atomic E-state index is -0.708. The van der Waals surface area contributed by atoms with E-state index in [4.69, 9.17) is 0 Å². The van der Waals surface area contributed by atoms with E-state index in [9.17, 15) is 19.3 Å². The van der Waals surface area contributed by atoms with Crippen LogP contribution >= 0.6 is 0 Å². The van der Waals surface area contributed by atoms with Crippen molar-refractivity contribution in [1.29, 1.82) is 0 Å². The molecular weight excluding hydrogens is 315 g/mol. The number of hydrogen-bond donors (Lipinski definition) is 1. The van der Waals surface area contributed by atoms with E-state index < -0.39 is 28.4 Å². The molecule has 2 aromatic rings. The van der Waals surface area contributed by atoms with E-state index in [0.29, 0.717) is 5.82 Å². The van der Waals surface area contributed by atoms with Crippen molar-refractivity contribution in [1.82, 2.24) is 15.3 Å². The fourth-order valence-electron chi connectivity index (χ4n) is 2.51. The maximum atomic E-state index is 13.4. The first-order chi connectivity index (χ1) is 11.5. The highest BCUT2D eigenvalue weighted by Crippen LogP contribution is 2.40. The number of nitrogens with one attached hydrogen (secondary N) is 1. The van der Waals surface area contributed by atoms with Crippen LogP contribution in [-0.2, 0) is 0 Å². The zero-order chi connectivity index (χ0) is 17.3. The fraction of sp³-hybridized carbons (Fsp3) is 0.312. The molecule has 1 N–H and O–H groups in total. The van der Waals surface area contributed by atoms with E-state index in [-0.39, 0.29) is 11.5 Å². The van der Waals surface area contributed by atoms with Crippen LogP contribution in [0.4, 0.5) is 10.1 Å². The number of amides is 1. The van der Waals surface area contributed by atoms with E-state index in [2.05, 4.69) is 15.3 Å². The smallest absolute Gasteiger partial charge is 0.282 e. The number of carbonyl (C=O) groups excluding carboxylic acids is 1. The van der Waals surface area contributed by atoms with Crippen molar-refractivity contribution in [2.24, 2.45) is 5.92 Å². The average molecular weight is 330 g/mol. The zero-order valence-corrected chi connectivity index (χ0v) is 12.9. The molecule has 0 saturated heterocycles. The predicted molar refractivity (Wildman–Crippen MR) is 82.8 cm³/mol. The van der Waals surface area contributed by atoms with Crippen LogP contribution in [0.3, 0.4) is 0 Å². The van der Waals surface area contributed by atoms with Gasteiger partial charge in [0.1, 0.15) is 11.4 Å². The third-order valence-corrected chi connectivity index (χ3v) is 3.87. The molecule has 8 heteroatoms. The average Bonchev–Trinajstić information content (AvgIpc) is 3.36. The Bertz CT molecular complexity index is 808. The Morgan fingerprint density at radius 2 is 2.17 bits per heavy atom. The Hall–Kier alpha value is -2.90. The second-order valence-electron chi connectivity index (χ2n) is 5.76. The van der Waals surface area contributed by atoms with E-state index in [1.165, 1.54) is 0 Å². The molecule has 124 valence electrons. The number of nitrogens with zero attached hydrogens (tertiary/aromatic N) is 3. The van der Waals surface area contributed by atoms with Crippen LogP contribution in [0.25, 0.3) is 0 Å². The van der Waals surface area contributed by atoms with Crippen LogP contribution in [0.15, 0.2) is 30.5 Å². The number of benzene rings is 1. The molecule has 1 aromatic carbocycles. The van der Waals surface area contributed by atoms with Crippen molar-refractivity contribution < 1.29 is 14.1 Å². The summed E-state index contributed by atoms with van der Waals surface area (Å²) in [6, 6.07) is 4.11. The lowest BCUT2D eigenvalue weighted by Crippen LogP contribution is -2.31. The molecule has 1 atom stereocenters. The monoisotopic (exact) mass is 330 g/mol. The number of nitro groups is 1. The number of halogens is 1. The van der Waals surface area contributed by atoms with E-state index >= 15 is 0 Å². The van der Waals surface area contributed by atoms with Gasteiger partial charge in [-0.05, 0) is 43.9 Å². The molecule has 0 aliphatic heterocycles. The summed E-state index contributed by atoms with van der Waals surface area (Å²) in [6.07, 6.45) is 3.42. The first kappa shape index (κ1) is 16.0. The Morgan fingerprint density at radius 3 is 2.79 bits per heavy atom. The molecule has 7 nitrogen and oxygen atoms in total. The highest BCUT2D eigenvalue weighted by molar-refractivity contribution is 5.98. The van der Waals surface area contributed by atoms with Crippen molar-refractivity contribution in [3.63, 3.8) is 0 Å². The molecule has 3 rings (SSSR count). The summed E-state index contributed by atoms with van der Waals surface area (Å²) < 4.78 is 13.4. The van der Waals surface area contributed by atoms with Crippen LogP contribution in [-0.4, -0.2) is 20.8 Å². The van der Waals surface area contributed by atoms with Gasteiger partial charge in [0.25, 0.3) is 11.6 Å². The normalized spacial score (nSPS) is 14.9. The largest absolute Gasteiger partial charge is 0.342 e. The summed E-state index contributed by atoms with van der Waals surface area (Å²) in [5, 5.41) is 13.8. The van der Waals surface area contributed by atoms with Gasteiger partial charge < -0.3 is 5.32 Å². The van der Waals surface area contributed by atoms with Gasteiger partial charge in [0.05, 0.1) is 11.0 Å². The van der Waals surface area contributed by atoms with Gasteiger partial charge in [-0.3, -0.25) is 14.9 Å². The summed E-state index contributed by atoms with van der Waals surface area (Å²) in [7, 11) is 0. The van der Waals surface area contributed by atoms with E-state index in [0.717, 1.165) is 36.7 Å². The van der Waals surface area contributed by atoms with E-state index in [1.54, 1.807) is 12.3 Å². The van der Waals surface area contributed by atoms with Gasteiger partial charge in [0, 0.05) is 18.0 Å². The summed E-state index contributed by atoms with van der Waals surface area (Å²) in [5.41, 5.74) is 0.0172. The fourth-order valence-corrected chi connectivity index (χ4v) is 2.51. The second-order valence-corrected chi connectivity index (χ2v) is 5.76. The topological polar surface area (TPSA) is 98.0 Å². The van der Waals surface area contributed by atoms with Crippen molar-refractivity contribution >= 4 is 11.6 Å². The summed E-state index contributed by atoms with van der Waals surface area (Å²) in [4.78, 5) is 31.4. The lowest BCUT2D eigenvalue weighted by Gasteiger charge is -2.17. The van der Waals surface area contributed by atoms with Crippen molar-refractivity contribution in [3.05, 3.63) is 63.5 Å². The van der Waals surface area contributed by atoms with Crippen LogP contribution in [0.5, 0.6) is 0 Å². The molecular formula is C16H15FN4O3. The van der Waals surface area contributed by atoms with Crippen molar-refractivity contribution in [3.8, 4) is 0 Å². The Morgan fingerprint density at radius 1 is 1.42 bits per heavy atom. The number of nitro benzene ring substituents is 1. The van der Waals surface area contributed by atoms with Gasteiger partial charge in [0.15, 0.2) is 5.82 Å². The zero-order valence-electron chi connectivity index (χ0n) is 12.9. The molecule has 1 aromatic heterocycles. The number of carbonyl (C=O) groups is 1. The van der Waals surface area contributed by atoms with Crippen molar-refractivity contribution in [2.75, 3.05) is 0 Å². The SMILES string of the molecule is Cc1ccnc([C@H](NC(=O)c2cc(F)ccc2[N+](=O)[O-])C2CC2)n1. The standard InChI is InChI=1S/C16H15FN4O3/c1-9-6-7-18-15(19-9)14(10-2-3-10)20-16(22)12-8-11(17)4-5-13(12)21(23)24/h4-8,10,14H,2-3H2,1H3,(H,20,22)/t14-/m1/s1. The number of rotatable bonds is 5. The molecule has 1 aliphatic rings. The predicted octanol–water partition coefficient (Wildman–Crippen LogP) is 2.71. The first-order valence-electron chi connectivity index (χ1n) is 7.50. The Labute approximate surface area is 137 Å². The summed E-state index contributed by atoms with van der Waals surface area (Å²) >= 11 is 0. The summed E-state index contributed by atoms with van der Waals surface area (Å²) in [6.45, 7) is 1.81. The van der Waals surface area contributed by atoms with Gasteiger partial charge in [0.2, 0.25) is 0 Å². The summed E-state index contributed by atoms with van der Waals surface area (Å²) in [5.74, 6) is -0.767. The Kier molecular flexibility index (Phi) is 4.20. The van der Waals surface area contributed by atoms with Crippen LogP contribution in [0.2, 0.25) is 0 Å². The molecule has 0 spiro atoms. The molecule has 1 amide bonds. The van der Waals surface area contributed by atoms with Crippen LogP contribution in [0, 0.1) is 28.8 Å². The second kappa shape index (κ2) is 6.31. The quantitative estimate of drug-likeness (QED) is 0.671. The van der Waals surface area contributed by atoms with Gasteiger partial charge in [-0.1, -0.05) is 0 Å².